The Labute approximate surface area is 196 Å². The van der Waals surface area contributed by atoms with Crippen LogP contribution < -0.4 is 15.5 Å². The molecule has 0 saturated carbocycles. The van der Waals surface area contributed by atoms with Crippen molar-refractivity contribution in [1.82, 2.24) is 15.3 Å². The molecular weight excluding hydrogens is 416 g/mol. The second-order valence-electron chi connectivity index (χ2n) is 8.83. The van der Waals surface area contributed by atoms with Crippen molar-refractivity contribution in [3.05, 3.63) is 41.6 Å². The highest BCUT2D eigenvalue weighted by Crippen LogP contribution is 2.23. The van der Waals surface area contributed by atoms with E-state index in [9.17, 15) is 4.79 Å². The molecule has 1 aliphatic heterocycles. The third kappa shape index (κ3) is 7.72. The number of benzene rings is 1. The third-order valence-corrected chi connectivity index (χ3v) is 5.32. The number of aromatic nitrogens is 2. The van der Waals surface area contributed by atoms with Gasteiger partial charge in [0.05, 0.1) is 18.2 Å². The Hall–Kier alpha value is -3.18. The fourth-order valence-corrected chi connectivity index (χ4v) is 3.75. The lowest BCUT2D eigenvalue weighted by molar-refractivity contribution is -0.122. The van der Waals surface area contributed by atoms with E-state index in [4.69, 9.17) is 15.0 Å². The van der Waals surface area contributed by atoms with Gasteiger partial charge in [-0.05, 0) is 37.0 Å². The number of carbonyl (C=O) groups is 1. The van der Waals surface area contributed by atoms with Gasteiger partial charge in [0.15, 0.2) is 0 Å². The van der Waals surface area contributed by atoms with Gasteiger partial charge in [0, 0.05) is 49.6 Å². The first-order chi connectivity index (χ1) is 16.0. The summed E-state index contributed by atoms with van der Waals surface area (Å²) in [7, 11) is 0. The molecule has 1 unspecified atom stereocenters. The van der Waals surface area contributed by atoms with E-state index in [1.165, 1.54) is 0 Å². The predicted octanol–water partition coefficient (Wildman–Crippen LogP) is 3.80. The molecule has 2 N–H and O–H groups in total. The van der Waals surface area contributed by atoms with Crippen molar-refractivity contribution in [1.29, 1.82) is 5.26 Å². The Kier molecular flexibility index (Phi) is 9.02. The van der Waals surface area contributed by atoms with Crippen molar-refractivity contribution < 1.29 is 9.53 Å². The topological polar surface area (TPSA) is 103 Å². The molecule has 1 aromatic heterocycles. The number of hydrogen-bond donors (Lipinski definition) is 2. The Morgan fingerprint density at radius 3 is 2.94 bits per heavy atom. The molecule has 0 aliphatic carbocycles. The fourth-order valence-electron chi connectivity index (χ4n) is 3.75. The second-order valence-corrected chi connectivity index (χ2v) is 8.83. The average molecular weight is 451 g/mol. The zero-order chi connectivity index (χ0) is 23.6. The molecule has 2 aromatic rings. The second kappa shape index (κ2) is 12.2. The van der Waals surface area contributed by atoms with Gasteiger partial charge in [0.1, 0.15) is 5.82 Å². The van der Waals surface area contributed by atoms with Gasteiger partial charge >= 0.3 is 0 Å². The van der Waals surface area contributed by atoms with E-state index < -0.39 is 0 Å². The number of nitrogens with zero attached hydrogens (tertiary/aromatic N) is 4. The number of anilines is 3. The molecule has 3 rings (SSSR count). The summed E-state index contributed by atoms with van der Waals surface area (Å²) in [5.74, 6) is 1.86. The minimum atomic E-state index is 0.0275. The smallest absolute Gasteiger partial charge is 0.229 e. The largest absolute Gasteiger partial charge is 0.381 e. The molecule has 0 radical (unpaired) electrons. The number of nitriles is 1. The molecular formula is C25H34N6O2. The lowest BCUT2D eigenvalue weighted by Crippen LogP contribution is -2.37. The minimum absolute atomic E-state index is 0.0275. The summed E-state index contributed by atoms with van der Waals surface area (Å²) in [6.07, 6.45) is 3.09. The Bertz CT molecular complexity index is 972. The maximum absolute atomic E-state index is 12.3. The number of hydrogen-bond acceptors (Lipinski definition) is 7. The van der Waals surface area contributed by atoms with Crippen molar-refractivity contribution >= 4 is 23.4 Å². The highest BCUT2D eigenvalue weighted by atomic mass is 16.5. The van der Waals surface area contributed by atoms with E-state index in [0.717, 1.165) is 43.0 Å². The van der Waals surface area contributed by atoms with Crippen LogP contribution in [0.1, 0.15) is 51.3 Å². The van der Waals surface area contributed by atoms with Crippen LogP contribution in [0.3, 0.4) is 0 Å². The van der Waals surface area contributed by atoms with Gasteiger partial charge in [-0.3, -0.25) is 4.79 Å². The summed E-state index contributed by atoms with van der Waals surface area (Å²) in [6.45, 7) is 8.97. The molecule has 176 valence electrons. The van der Waals surface area contributed by atoms with Crippen LogP contribution in [0.5, 0.6) is 0 Å². The number of nitrogens with one attached hydrogen (secondary N) is 2. The SMILES string of the molecule is CCCc1cc(N2CCC(NC(=O)CCOCC(C)C)C2)nc(Nc2cccc(C#N)c2)n1. The highest BCUT2D eigenvalue weighted by Gasteiger charge is 2.25. The van der Waals surface area contributed by atoms with Gasteiger partial charge in [0.25, 0.3) is 0 Å². The van der Waals surface area contributed by atoms with Gasteiger partial charge in [-0.15, -0.1) is 0 Å². The maximum atomic E-state index is 12.3. The summed E-state index contributed by atoms with van der Waals surface area (Å²) in [5, 5.41) is 15.5. The molecule has 0 bridgehead atoms. The van der Waals surface area contributed by atoms with Crippen molar-refractivity contribution in [3.8, 4) is 6.07 Å². The van der Waals surface area contributed by atoms with E-state index in [1.807, 2.05) is 18.2 Å². The fraction of sp³-hybridized carbons (Fsp3) is 0.520. The van der Waals surface area contributed by atoms with Gasteiger partial charge in [0.2, 0.25) is 11.9 Å². The van der Waals surface area contributed by atoms with Gasteiger partial charge < -0.3 is 20.3 Å². The van der Waals surface area contributed by atoms with Crippen molar-refractivity contribution in [2.75, 3.05) is 36.5 Å². The van der Waals surface area contributed by atoms with Crippen molar-refractivity contribution in [2.45, 2.75) is 52.5 Å². The van der Waals surface area contributed by atoms with Crippen LogP contribution in [0.2, 0.25) is 0 Å². The first-order valence-electron chi connectivity index (χ1n) is 11.7. The Balaban J connectivity index is 1.62. The quantitative estimate of drug-likeness (QED) is 0.502. The normalized spacial score (nSPS) is 15.5. The first-order valence-corrected chi connectivity index (χ1v) is 11.7. The third-order valence-electron chi connectivity index (χ3n) is 5.32. The summed E-state index contributed by atoms with van der Waals surface area (Å²) in [5.41, 5.74) is 2.33. The first kappa shape index (κ1) is 24.5. The Morgan fingerprint density at radius 1 is 1.33 bits per heavy atom. The molecule has 2 heterocycles. The zero-order valence-corrected chi connectivity index (χ0v) is 19.8. The van der Waals surface area contributed by atoms with Crippen LogP contribution in [0.15, 0.2) is 30.3 Å². The predicted molar refractivity (Wildman–Crippen MR) is 130 cm³/mol. The molecule has 1 atom stereocenters. The maximum Gasteiger partial charge on any atom is 0.229 e. The lowest BCUT2D eigenvalue weighted by Gasteiger charge is -2.20. The van der Waals surface area contributed by atoms with Crippen LogP contribution in [-0.2, 0) is 16.0 Å². The van der Waals surface area contributed by atoms with Gasteiger partial charge in [-0.2, -0.15) is 10.2 Å². The van der Waals surface area contributed by atoms with E-state index in [0.29, 0.717) is 43.6 Å². The van der Waals surface area contributed by atoms with E-state index in [1.54, 1.807) is 12.1 Å². The summed E-state index contributed by atoms with van der Waals surface area (Å²) in [6, 6.07) is 11.5. The van der Waals surface area contributed by atoms with Crippen LogP contribution in [-0.4, -0.2) is 48.2 Å². The van der Waals surface area contributed by atoms with E-state index >= 15 is 0 Å². The number of rotatable bonds is 11. The number of carbonyl (C=O) groups excluding carboxylic acids is 1. The average Bonchev–Trinajstić information content (AvgIpc) is 3.25. The lowest BCUT2D eigenvalue weighted by atomic mass is 10.2. The molecule has 1 aliphatic rings. The van der Waals surface area contributed by atoms with Gasteiger partial charge in [-0.1, -0.05) is 33.3 Å². The van der Waals surface area contributed by atoms with Crippen molar-refractivity contribution in [2.24, 2.45) is 5.92 Å². The molecule has 1 aromatic carbocycles. The molecule has 1 amide bonds. The van der Waals surface area contributed by atoms with E-state index in [2.05, 4.69) is 47.4 Å². The number of aryl methyl sites for hydroxylation is 1. The summed E-state index contributed by atoms with van der Waals surface area (Å²) >= 11 is 0. The molecule has 0 spiro atoms. The standard InChI is InChI=1S/C25H34N6O2/c1-4-6-20-14-23(30-25(28-20)29-21-8-5-7-19(13-21)15-26)31-11-9-22(16-31)27-24(32)10-12-33-17-18(2)3/h5,7-8,13-14,18,22H,4,6,9-12,16-17H2,1-3H3,(H,27,32)(H,28,29,30). The number of amides is 1. The van der Waals surface area contributed by atoms with Crippen LogP contribution >= 0.6 is 0 Å². The van der Waals surface area contributed by atoms with Crippen molar-refractivity contribution in [3.63, 3.8) is 0 Å². The summed E-state index contributed by atoms with van der Waals surface area (Å²) in [4.78, 5) is 23.8. The minimum Gasteiger partial charge on any atom is -0.381 e. The monoisotopic (exact) mass is 450 g/mol. The van der Waals surface area contributed by atoms with E-state index in [-0.39, 0.29) is 11.9 Å². The highest BCUT2D eigenvalue weighted by molar-refractivity contribution is 5.76. The molecule has 8 nitrogen and oxygen atoms in total. The molecule has 1 fully saturated rings. The zero-order valence-electron chi connectivity index (χ0n) is 19.8. The van der Waals surface area contributed by atoms with Crippen LogP contribution in [0, 0.1) is 17.2 Å². The number of ether oxygens (including phenoxy) is 1. The van der Waals surface area contributed by atoms with Crippen LogP contribution in [0.25, 0.3) is 0 Å². The summed E-state index contributed by atoms with van der Waals surface area (Å²) < 4.78 is 5.52. The molecule has 33 heavy (non-hydrogen) atoms. The molecule has 8 heteroatoms. The van der Waals surface area contributed by atoms with Gasteiger partial charge in [-0.25, -0.2) is 4.98 Å². The van der Waals surface area contributed by atoms with Crippen LogP contribution in [0.4, 0.5) is 17.5 Å². The Morgan fingerprint density at radius 2 is 2.18 bits per heavy atom. The molecule has 1 saturated heterocycles.